The molecule has 0 bridgehead atoms. The van der Waals surface area contributed by atoms with E-state index < -0.39 is 5.97 Å². The summed E-state index contributed by atoms with van der Waals surface area (Å²) in [6.45, 7) is 5.20. The van der Waals surface area contributed by atoms with Crippen LogP contribution in [0.25, 0.3) is 0 Å². The highest BCUT2D eigenvalue weighted by Gasteiger charge is 2.18. The van der Waals surface area contributed by atoms with E-state index >= 15 is 0 Å². The van der Waals surface area contributed by atoms with Gasteiger partial charge in [-0.2, -0.15) is 0 Å². The number of hydrogen-bond acceptors (Lipinski definition) is 3. The van der Waals surface area contributed by atoms with Crippen LogP contribution in [-0.2, 0) is 9.59 Å². The number of nitrogens with one attached hydrogen (secondary N) is 2. The lowest BCUT2D eigenvalue weighted by molar-refractivity contribution is -0.137. The van der Waals surface area contributed by atoms with Gasteiger partial charge in [0.05, 0.1) is 13.1 Å². The molecule has 0 rings (SSSR count). The van der Waals surface area contributed by atoms with E-state index in [1.807, 2.05) is 13.8 Å². The van der Waals surface area contributed by atoms with Crippen LogP contribution in [0.4, 0.5) is 0 Å². The van der Waals surface area contributed by atoms with Crippen molar-refractivity contribution in [3.05, 3.63) is 0 Å². The standard InChI is InChI=1S/C13H22N2O3/c1-4-8-15-11(16)10-14-9-7-13(2,3)6-5-12(17)18/h1,14H,5-10H2,2-3H3,(H,15,16)(H,17,18). The van der Waals surface area contributed by atoms with E-state index in [9.17, 15) is 9.59 Å². The van der Waals surface area contributed by atoms with Gasteiger partial charge in [-0.1, -0.05) is 19.8 Å². The normalized spacial score (nSPS) is 10.7. The summed E-state index contributed by atoms with van der Waals surface area (Å²) in [4.78, 5) is 21.7. The zero-order chi connectivity index (χ0) is 14.0. The van der Waals surface area contributed by atoms with Crippen molar-refractivity contribution < 1.29 is 14.7 Å². The number of carboxylic acid groups (broad SMARTS) is 1. The first kappa shape index (κ1) is 16.5. The molecule has 0 spiro atoms. The molecule has 0 saturated carbocycles. The minimum atomic E-state index is -0.773. The fourth-order valence-corrected chi connectivity index (χ4v) is 1.41. The van der Waals surface area contributed by atoms with Crippen LogP contribution in [0.3, 0.4) is 0 Å². The number of carbonyl (C=O) groups excluding carboxylic acids is 1. The Labute approximate surface area is 108 Å². The quantitative estimate of drug-likeness (QED) is 0.416. The molecule has 0 aromatic carbocycles. The van der Waals surface area contributed by atoms with Crippen LogP contribution in [0.15, 0.2) is 0 Å². The van der Waals surface area contributed by atoms with Crippen LogP contribution in [0.1, 0.15) is 33.1 Å². The van der Waals surface area contributed by atoms with Crippen LogP contribution in [-0.4, -0.2) is 36.6 Å². The second-order valence-electron chi connectivity index (χ2n) is 4.97. The van der Waals surface area contributed by atoms with E-state index in [-0.39, 0.29) is 30.8 Å². The third-order valence-electron chi connectivity index (χ3n) is 2.67. The summed E-state index contributed by atoms with van der Waals surface area (Å²) in [5.74, 6) is 1.42. The average Bonchev–Trinajstić information content (AvgIpc) is 2.30. The van der Waals surface area contributed by atoms with Crippen molar-refractivity contribution in [2.45, 2.75) is 33.1 Å². The molecule has 0 radical (unpaired) electrons. The smallest absolute Gasteiger partial charge is 0.303 e. The van der Waals surface area contributed by atoms with Crippen molar-refractivity contribution >= 4 is 11.9 Å². The van der Waals surface area contributed by atoms with Gasteiger partial charge in [0.1, 0.15) is 0 Å². The summed E-state index contributed by atoms with van der Waals surface area (Å²) >= 11 is 0. The third-order valence-corrected chi connectivity index (χ3v) is 2.67. The van der Waals surface area contributed by atoms with Gasteiger partial charge >= 0.3 is 5.97 Å². The molecule has 102 valence electrons. The van der Waals surface area contributed by atoms with Crippen molar-refractivity contribution in [1.82, 2.24) is 10.6 Å². The Morgan fingerprint density at radius 1 is 1.33 bits per heavy atom. The summed E-state index contributed by atoms with van der Waals surface area (Å²) in [6.07, 6.45) is 6.64. The molecule has 0 heterocycles. The number of hydrogen-bond donors (Lipinski definition) is 3. The highest BCUT2D eigenvalue weighted by molar-refractivity contribution is 5.78. The average molecular weight is 254 g/mol. The molecule has 0 atom stereocenters. The Balaban J connectivity index is 3.67. The molecule has 1 amide bonds. The van der Waals surface area contributed by atoms with Crippen LogP contribution < -0.4 is 10.6 Å². The number of carboxylic acids is 1. The van der Waals surface area contributed by atoms with Gasteiger partial charge < -0.3 is 15.7 Å². The third kappa shape index (κ3) is 9.67. The maximum Gasteiger partial charge on any atom is 0.303 e. The fraction of sp³-hybridized carbons (Fsp3) is 0.692. The van der Waals surface area contributed by atoms with E-state index in [1.165, 1.54) is 0 Å². The van der Waals surface area contributed by atoms with Crippen molar-refractivity contribution in [3.8, 4) is 12.3 Å². The van der Waals surface area contributed by atoms with Gasteiger partial charge in [-0.3, -0.25) is 9.59 Å². The molecular weight excluding hydrogens is 232 g/mol. The molecule has 0 aromatic heterocycles. The van der Waals surface area contributed by atoms with E-state index in [1.54, 1.807) is 0 Å². The van der Waals surface area contributed by atoms with E-state index in [4.69, 9.17) is 11.5 Å². The lowest BCUT2D eigenvalue weighted by Crippen LogP contribution is -2.35. The minimum absolute atomic E-state index is 0.0410. The first-order chi connectivity index (χ1) is 8.37. The Kier molecular flexibility index (Phi) is 7.81. The molecule has 5 heteroatoms. The molecule has 0 aliphatic carbocycles. The number of terminal acetylenes is 1. The van der Waals surface area contributed by atoms with Crippen LogP contribution in [0, 0.1) is 17.8 Å². The van der Waals surface area contributed by atoms with E-state index in [0.717, 1.165) is 6.42 Å². The van der Waals surface area contributed by atoms with Crippen molar-refractivity contribution in [1.29, 1.82) is 0 Å². The number of rotatable bonds is 9. The van der Waals surface area contributed by atoms with Crippen molar-refractivity contribution in [3.63, 3.8) is 0 Å². The Hall–Kier alpha value is -1.54. The lowest BCUT2D eigenvalue weighted by Gasteiger charge is -2.23. The number of carbonyl (C=O) groups is 2. The molecule has 18 heavy (non-hydrogen) atoms. The summed E-state index contributed by atoms with van der Waals surface area (Å²) in [5, 5.41) is 14.2. The van der Waals surface area contributed by atoms with Gasteiger partial charge in [0.15, 0.2) is 0 Å². The minimum Gasteiger partial charge on any atom is -0.481 e. The van der Waals surface area contributed by atoms with Gasteiger partial charge in [-0.05, 0) is 24.8 Å². The molecule has 5 nitrogen and oxygen atoms in total. The number of aliphatic carboxylic acids is 1. The molecule has 0 aliphatic rings. The Morgan fingerprint density at radius 3 is 2.56 bits per heavy atom. The van der Waals surface area contributed by atoms with Gasteiger partial charge in [0.25, 0.3) is 0 Å². The predicted molar refractivity (Wildman–Crippen MR) is 70.0 cm³/mol. The zero-order valence-corrected chi connectivity index (χ0v) is 11.1. The summed E-state index contributed by atoms with van der Waals surface area (Å²) in [6, 6.07) is 0. The Bertz CT molecular complexity index is 319. The van der Waals surface area contributed by atoms with Gasteiger partial charge in [0.2, 0.25) is 5.91 Å². The highest BCUT2D eigenvalue weighted by atomic mass is 16.4. The molecular formula is C13H22N2O3. The molecule has 0 aromatic rings. The number of amides is 1. The summed E-state index contributed by atoms with van der Waals surface area (Å²) < 4.78 is 0. The van der Waals surface area contributed by atoms with Gasteiger partial charge in [-0.15, -0.1) is 6.42 Å². The van der Waals surface area contributed by atoms with Crippen LogP contribution >= 0.6 is 0 Å². The highest BCUT2D eigenvalue weighted by Crippen LogP contribution is 2.25. The monoisotopic (exact) mass is 254 g/mol. The Morgan fingerprint density at radius 2 is 2.00 bits per heavy atom. The van der Waals surface area contributed by atoms with Gasteiger partial charge in [-0.25, -0.2) is 0 Å². The summed E-state index contributed by atoms with van der Waals surface area (Å²) in [7, 11) is 0. The predicted octanol–water partition coefficient (Wildman–Crippen LogP) is 0.606. The molecule has 3 N–H and O–H groups in total. The first-order valence-electron chi connectivity index (χ1n) is 6.00. The lowest BCUT2D eigenvalue weighted by atomic mass is 9.84. The maximum absolute atomic E-state index is 11.2. The van der Waals surface area contributed by atoms with Crippen LogP contribution in [0.2, 0.25) is 0 Å². The van der Waals surface area contributed by atoms with Crippen LogP contribution in [0.5, 0.6) is 0 Å². The van der Waals surface area contributed by atoms with E-state index in [2.05, 4.69) is 16.6 Å². The SMILES string of the molecule is C#CCNC(=O)CNCCC(C)(C)CCC(=O)O. The molecule has 0 saturated heterocycles. The second kappa shape index (κ2) is 8.54. The largest absolute Gasteiger partial charge is 0.481 e. The maximum atomic E-state index is 11.2. The summed E-state index contributed by atoms with van der Waals surface area (Å²) in [5.41, 5.74) is -0.0410. The van der Waals surface area contributed by atoms with Gasteiger partial charge in [0, 0.05) is 6.42 Å². The zero-order valence-electron chi connectivity index (χ0n) is 11.1. The van der Waals surface area contributed by atoms with Crippen molar-refractivity contribution in [2.24, 2.45) is 5.41 Å². The second-order valence-corrected chi connectivity index (χ2v) is 4.97. The van der Waals surface area contributed by atoms with Crippen molar-refractivity contribution in [2.75, 3.05) is 19.6 Å². The first-order valence-corrected chi connectivity index (χ1v) is 6.00. The topological polar surface area (TPSA) is 78.4 Å². The fourth-order valence-electron chi connectivity index (χ4n) is 1.41. The molecule has 0 aliphatic heterocycles. The molecule has 0 unspecified atom stereocenters. The van der Waals surface area contributed by atoms with E-state index in [0.29, 0.717) is 13.0 Å². The molecule has 0 fully saturated rings.